The third-order valence-corrected chi connectivity index (χ3v) is 5.68. The van der Waals surface area contributed by atoms with Gasteiger partial charge in [0, 0.05) is 16.6 Å². The Balaban J connectivity index is 1.65. The van der Waals surface area contributed by atoms with Crippen LogP contribution in [0.3, 0.4) is 0 Å². The fraction of sp³-hybridized carbons (Fsp3) is 0.600. The summed E-state index contributed by atoms with van der Waals surface area (Å²) in [5, 5.41) is 3.12. The van der Waals surface area contributed by atoms with Crippen LogP contribution in [0.15, 0.2) is 28.7 Å². The van der Waals surface area contributed by atoms with Gasteiger partial charge in [-0.3, -0.25) is 4.79 Å². The Morgan fingerprint density at radius 1 is 1.31 bits per heavy atom. The normalized spacial score (nSPS) is 25.9. The molecule has 2 amide bonds. The van der Waals surface area contributed by atoms with Crippen molar-refractivity contribution in [2.75, 3.05) is 0 Å². The van der Waals surface area contributed by atoms with Crippen molar-refractivity contribution in [3.8, 4) is 0 Å². The van der Waals surface area contributed by atoms with E-state index in [1.807, 2.05) is 52.0 Å². The van der Waals surface area contributed by atoms with Gasteiger partial charge in [0.05, 0.1) is 12.0 Å². The highest BCUT2D eigenvalue weighted by molar-refractivity contribution is 9.10. The molecule has 0 saturated carbocycles. The zero-order chi connectivity index (χ0) is 19.1. The summed E-state index contributed by atoms with van der Waals surface area (Å²) in [6, 6.07) is 7.93. The number of fused-ring (bicyclic) bond motifs is 2. The number of carbonyl (C=O) groups is 2. The molecule has 2 aliphatic rings. The second-order valence-electron chi connectivity index (χ2n) is 8.31. The minimum absolute atomic E-state index is 0.0261. The maximum absolute atomic E-state index is 12.9. The molecule has 2 aliphatic heterocycles. The van der Waals surface area contributed by atoms with Crippen LogP contribution in [-0.4, -0.2) is 34.6 Å². The molecule has 1 aromatic carbocycles. The number of ether oxygens (including phenoxy) is 1. The van der Waals surface area contributed by atoms with Crippen molar-refractivity contribution in [2.45, 2.75) is 70.7 Å². The first-order valence-corrected chi connectivity index (χ1v) is 10.0. The highest BCUT2D eigenvalue weighted by Crippen LogP contribution is 2.42. The molecular weight excluding hydrogens is 396 g/mol. The number of rotatable bonds is 3. The van der Waals surface area contributed by atoms with Crippen LogP contribution in [0.5, 0.6) is 0 Å². The van der Waals surface area contributed by atoms with Gasteiger partial charge in [0.25, 0.3) is 0 Å². The topological polar surface area (TPSA) is 58.6 Å². The summed E-state index contributed by atoms with van der Waals surface area (Å²) < 4.78 is 6.54. The van der Waals surface area contributed by atoms with Gasteiger partial charge in [-0.1, -0.05) is 28.1 Å². The number of amides is 2. The second kappa shape index (κ2) is 7.22. The lowest BCUT2D eigenvalue weighted by molar-refractivity contribution is -0.126. The monoisotopic (exact) mass is 422 g/mol. The summed E-state index contributed by atoms with van der Waals surface area (Å²) in [5.74, 6) is -0.130. The minimum Gasteiger partial charge on any atom is -0.444 e. The average molecular weight is 423 g/mol. The van der Waals surface area contributed by atoms with Crippen LogP contribution < -0.4 is 5.32 Å². The fourth-order valence-electron chi connectivity index (χ4n) is 4.05. The van der Waals surface area contributed by atoms with Crippen molar-refractivity contribution in [1.82, 2.24) is 10.2 Å². The zero-order valence-corrected chi connectivity index (χ0v) is 17.4. The molecule has 26 heavy (non-hydrogen) atoms. The molecule has 1 N–H and O–H groups in total. The molecule has 2 saturated heterocycles. The Kier molecular flexibility index (Phi) is 5.33. The van der Waals surface area contributed by atoms with Crippen molar-refractivity contribution in [1.29, 1.82) is 0 Å². The van der Waals surface area contributed by atoms with E-state index in [1.54, 1.807) is 4.90 Å². The van der Waals surface area contributed by atoms with E-state index in [-0.39, 0.29) is 36.0 Å². The maximum Gasteiger partial charge on any atom is 0.410 e. The first-order chi connectivity index (χ1) is 12.2. The van der Waals surface area contributed by atoms with Crippen LogP contribution in [0.4, 0.5) is 4.79 Å². The van der Waals surface area contributed by atoms with E-state index in [0.29, 0.717) is 0 Å². The predicted octanol–water partition coefficient (Wildman–Crippen LogP) is 4.41. The molecule has 0 radical (unpaired) electrons. The van der Waals surface area contributed by atoms with Crippen LogP contribution in [0.25, 0.3) is 0 Å². The number of halogens is 1. The molecule has 2 bridgehead atoms. The number of nitrogens with zero attached hydrogens (tertiary/aromatic N) is 1. The van der Waals surface area contributed by atoms with Crippen LogP contribution in [0.2, 0.25) is 0 Å². The molecule has 3 rings (SSSR count). The summed E-state index contributed by atoms with van der Waals surface area (Å²) in [6.07, 6.45) is 2.25. The van der Waals surface area contributed by atoms with E-state index in [4.69, 9.17) is 4.74 Å². The van der Waals surface area contributed by atoms with E-state index in [2.05, 4.69) is 21.2 Å². The summed E-state index contributed by atoms with van der Waals surface area (Å²) in [7, 11) is 0. The van der Waals surface area contributed by atoms with E-state index in [0.717, 1.165) is 29.3 Å². The quantitative estimate of drug-likeness (QED) is 0.784. The number of carbonyl (C=O) groups excluding carboxylic acids is 2. The predicted molar refractivity (Wildman–Crippen MR) is 104 cm³/mol. The van der Waals surface area contributed by atoms with Gasteiger partial charge in [0.15, 0.2) is 0 Å². The largest absolute Gasteiger partial charge is 0.444 e. The highest BCUT2D eigenvalue weighted by Gasteiger charge is 2.52. The molecule has 4 atom stereocenters. The molecule has 0 aromatic heterocycles. The molecular formula is C20H27BrN2O3. The van der Waals surface area contributed by atoms with Crippen LogP contribution in [0.1, 0.15) is 58.6 Å². The Labute approximate surface area is 163 Å². The van der Waals surface area contributed by atoms with E-state index in [9.17, 15) is 9.59 Å². The average Bonchev–Trinajstić information content (AvgIpc) is 3.11. The van der Waals surface area contributed by atoms with Gasteiger partial charge < -0.3 is 15.0 Å². The lowest BCUT2D eigenvalue weighted by Gasteiger charge is -2.28. The van der Waals surface area contributed by atoms with Crippen LogP contribution >= 0.6 is 15.9 Å². The van der Waals surface area contributed by atoms with E-state index in [1.165, 1.54) is 0 Å². The third kappa shape index (κ3) is 4.05. The first kappa shape index (κ1) is 19.2. The smallest absolute Gasteiger partial charge is 0.410 e. The molecule has 0 aliphatic carbocycles. The van der Waals surface area contributed by atoms with E-state index < -0.39 is 5.60 Å². The van der Waals surface area contributed by atoms with E-state index >= 15 is 0 Å². The number of benzene rings is 1. The Morgan fingerprint density at radius 3 is 2.69 bits per heavy atom. The summed E-state index contributed by atoms with van der Waals surface area (Å²) in [5.41, 5.74) is 0.534. The minimum atomic E-state index is -0.522. The van der Waals surface area contributed by atoms with Gasteiger partial charge in [-0.2, -0.15) is 0 Å². The molecule has 2 fully saturated rings. The van der Waals surface area contributed by atoms with Crippen LogP contribution in [-0.2, 0) is 9.53 Å². The number of nitrogens with one attached hydrogen (secondary N) is 1. The lowest BCUT2D eigenvalue weighted by Crippen LogP contribution is -2.43. The Morgan fingerprint density at radius 2 is 2.04 bits per heavy atom. The summed E-state index contributed by atoms with van der Waals surface area (Å²) in [4.78, 5) is 27.2. The molecule has 6 heteroatoms. The van der Waals surface area contributed by atoms with Crippen molar-refractivity contribution < 1.29 is 14.3 Å². The highest BCUT2D eigenvalue weighted by atomic mass is 79.9. The van der Waals surface area contributed by atoms with Gasteiger partial charge in [-0.15, -0.1) is 0 Å². The molecule has 2 heterocycles. The Hall–Kier alpha value is -1.56. The van der Waals surface area contributed by atoms with Gasteiger partial charge in [-0.25, -0.2) is 4.79 Å². The first-order valence-electron chi connectivity index (χ1n) is 9.23. The molecule has 0 unspecified atom stereocenters. The lowest BCUT2D eigenvalue weighted by atomic mass is 9.88. The van der Waals surface area contributed by atoms with Gasteiger partial charge in [0.1, 0.15) is 5.60 Å². The molecule has 1 aromatic rings. The second-order valence-corrected chi connectivity index (χ2v) is 9.23. The SMILES string of the molecule is C[C@@H](NC(=O)[C@@H]1C[C@H]2CC[C@H]1N2C(=O)OC(C)(C)C)c1cccc(Br)c1. The zero-order valence-electron chi connectivity index (χ0n) is 15.8. The maximum atomic E-state index is 12.9. The number of hydrogen-bond acceptors (Lipinski definition) is 3. The standard InChI is InChI=1S/C20H27BrN2O3/c1-12(13-6-5-7-14(21)10-13)22-18(24)16-11-15-8-9-17(16)23(15)19(25)26-20(2,3)4/h5-7,10,12,15-17H,8-9,11H2,1-4H3,(H,22,24)/t12-,15-,16-,17-/m1/s1. The van der Waals surface area contributed by atoms with Crippen molar-refractivity contribution in [2.24, 2.45) is 5.92 Å². The molecule has 142 valence electrons. The summed E-state index contributed by atoms with van der Waals surface area (Å²) >= 11 is 3.47. The molecule has 5 nitrogen and oxygen atoms in total. The van der Waals surface area contributed by atoms with Gasteiger partial charge in [-0.05, 0) is 64.7 Å². The Bertz CT molecular complexity index is 701. The van der Waals surface area contributed by atoms with Crippen molar-refractivity contribution in [3.63, 3.8) is 0 Å². The fourth-order valence-corrected chi connectivity index (χ4v) is 4.47. The van der Waals surface area contributed by atoms with Gasteiger partial charge in [0.2, 0.25) is 5.91 Å². The third-order valence-electron chi connectivity index (χ3n) is 5.19. The van der Waals surface area contributed by atoms with Crippen molar-refractivity contribution >= 4 is 27.9 Å². The molecule has 0 spiro atoms. The van der Waals surface area contributed by atoms with Gasteiger partial charge >= 0.3 is 6.09 Å². The number of hydrogen-bond donors (Lipinski definition) is 1. The summed E-state index contributed by atoms with van der Waals surface area (Å²) in [6.45, 7) is 7.59. The van der Waals surface area contributed by atoms with Crippen LogP contribution in [0, 0.1) is 5.92 Å². The van der Waals surface area contributed by atoms with Crippen molar-refractivity contribution in [3.05, 3.63) is 34.3 Å².